The molecule has 5 rings (SSSR count). The average Bonchev–Trinajstić information content (AvgIpc) is 3.23. The number of halogens is 1. The molecule has 0 radical (unpaired) electrons. The minimum atomic E-state index is -0.0873. The summed E-state index contributed by atoms with van der Waals surface area (Å²) >= 11 is 6.53. The van der Waals surface area contributed by atoms with Crippen molar-refractivity contribution in [2.45, 2.75) is 31.7 Å². The van der Waals surface area contributed by atoms with Crippen LogP contribution in [0.3, 0.4) is 0 Å². The molecule has 1 unspecified atom stereocenters. The highest BCUT2D eigenvalue weighted by molar-refractivity contribution is 6.35. The zero-order valence-corrected chi connectivity index (χ0v) is 16.0. The minimum absolute atomic E-state index is 0.0873. The van der Waals surface area contributed by atoms with Crippen LogP contribution in [0.4, 0.5) is 17.6 Å². The molecule has 0 bridgehead atoms. The van der Waals surface area contributed by atoms with Gasteiger partial charge in [0.1, 0.15) is 11.3 Å². The fourth-order valence-electron chi connectivity index (χ4n) is 3.23. The molecule has 0 spiro atoms. The summed E-state index contributed by atoms with van der Waals surface area (Å²) in [5.74, 6) is 2.57. The van der Waals surface area contributed by atoms with Crippen molar-refractivity contribution in [3.63, 3.8) is 0 Å². The van der Waals surface area contributed by atoms with Gasteiger partial charge in [-0.15, -0.1) is 0 Å². The maximum Gasteiger partial charge on any atom is 0.225 e. The summed E-state index contributed by atoms with van der Waals surface area (Å²) in [7, 11) is 0. The number of hydrogen-bond donors (Lipinski definition) is 4. The number of anilines is 3. The van der Waals surface area contributed by atoms with Crippen molar-refractivity contribution in [1.29, 1.82) is 0 Å². The molecular formula is C19H19ClN8. The third kappa shape index (κ3) is 3.27. The van der Waals surface area contributed by atoms with Crippen LogP contribution in [0.5, 0.6) is 0 Å². The molecule has 3 heterocycles. The molecule has 9 heteroatoms. The number of nitrogens with zero attached hydrogens (tertiary/aromatic N) is 4. The standard InChI is InChI=1S/C19H19ClN8/c1-10(12-4-5-13-18(17(12)20)23-9-22-13)24-19-21-7-6-15(26-19)25-16-8-14(27-28-16)11-2-3-11/h4-11H,2-3H2,1H3,(H,22,23)(H3,21,24,25,26,27,28). The molecule has 1 aromatic carbocycles. The van der Waals surface area contributed by atoms with E-state index in [0.29, 0.717) is 22.7 Å². The largest absolute Gasteiger partial charge is 0.348 e. The molecule has 1 atom stereocenters. The average molecular weight is 395 g/mol. The number of imidazole rings is 1. The van der Waals surface area contributed by atoms with Gasteiger partial charge in [0.2, 0.25) is 5.95 Å². The van der Waals surface area contributed by atoms with Gasteiger partial charge in [-0.2, -0.15) is 10.1 Å². The molecule has 8 nitrogen and oxygen atoms in total. The second-order valence-electron chi connectivity index (χ2n) is 7.01. The minimum Gasteiger partial charge on any atom is -0.348 e. The van der Waals surface area contributed by atoms with Gasteiger partial charge in [-0.3, -0.25) is 5.10 Å². The summed E-state index contributed by atoms with van der Waals surface area (Å²) in [5.41, 5.74) is 3.78. The summed E-state index contributed by atoms with van der Waals surface area (Å²) < 4.78 is 0. The number of aromatic amines is 2. The van der Waals surface area contributed by atoms with Crippen LogP contribution in [0.2, 0.25) is 5.02 Å². The van der Waals surface area contributed by atoms with E-state index in [2.05, 4.69) is 40.8 Å². The molecular weight excluding hydrogens is 376 g/mol. The molecule has 28 heavy (non-hydrogen) atoms. The van der Waals surface area contributed by atoms with E-state index in [-0.39, 0.29) is 6.04 Å². The van der Waals surface area contributed by atoms with Gasteiger partial charge in [-0.05, 0) is 37.5 Å². The van der Waals surface area contributed by atoms with Crippen LogP contribution >= 0.6 is 11.6 Å². The van der Waals surface area contributed by atoms with Crippen molar-refractivity contribution in [3.05, 3.63) is 53.1 Å². The van der Waals surface area contributed by atoms with Crippen LogP contribution in [0.15, 0.2) is 36.8 Å². The SMILES string of the molecule is CC(Nc1nccc(Nc2cc(C3CC3)[nH]n2)n1)c1ccc2[nH]cnc2c1Cl. The third-order valence-corrected chi connectivity index (χ3v) is 5.30. The number of rotatable bonds is 6. The summed E-state index contributed by atoms with van der Waals surface area (Å²) in [6.07, 6.45) is 5.80. The first-order chi connectivity index (χ1) is 13.7. The van der Waals surface area contributed by atoms with Crippen LogP contribution in [0, 0.1) is 0 Å². The van der Waals surface area contributed by atoms with E-state index in [1.54, 1.807) is 12.5 Å². The van der Waals surface area contributed by atoms with Crippen molar-refractivity contribution in [3.8, 4) is 0 Å². The highest BCUT2D eigenvalue weighted by Gasteiger charge is 2.25. The predicted molar refractivity (Wildman–Crippen MR) is 109 cm³/mol. The lowest BCUT2D eigenvalue weighted by Gasteiger charge is -2.16. The fraction of sp³-hybridized carbons (Fsp3) is 0.263. The van der Waals surface area contributed by atoms with Crippen LogP contribution in [0.1, 0.15) is 43.0 Å². The van der Waals surface area contributed by atoms with E-state index >= 15 is 0 Å². The molecule has 3 aromatic heterocycles. The van der Waals surface area contributed by atoms with Crippen molar-refractivity contribution < 1.29 is 0 Å². The molecule has 1 saturated carbocycles. The second-order valence-corrected chi connectivity index (χ2v) is 7.38. The molecule has 1 aliphatic rings. The quantitative estimate of drug-likeness (QED) is 0.383. The van der Waals surface area contributed by atoms with Gasteiger partial charge in [0, 0.05) is 23.9 Å². The summed E-state index contributed by atoms with van der Waals surface area (Å²) in [6.45, 7) is 2.01. The molecule has 0 amide bonds. The van der Waals surface area contributed by atoms with Crippen molar-refractivity contribution in [1.82, 2.24) is 30.1 Å². The Morgan fingerprint density at radius 3 is 2.93 bits per heavy atom. The van der Waals surface area contributed by atoms with E-state index in [9.17, 15) is 0 Å². The Morgan fingerprint density at radius 1 is 1.18 bits per heavy atom. The summed E-state index contributed by atoms with van der Waals surface area (Å²) in [5, 5.41) is 14.5. The lowest BCUT2D eigenvalue weighted by molar-refractivity contribution is 0.862. The summed E-state index contributed by atoms with van der Waals surface area (Å²) in [4.78, 5) is 16.2. The van der Waals surface area contributed by atoms with Crippen molar-refractivity contribution in [2.24, 2.45) is 0 Å². The van der Waals surface area contributed by atoms with E-state index in [0.717, 1.165) is 22.4 Å². The predicted octanol–water partition coefficient (Wildman–Crippen LogP) is 4.52. The smallest absolute Gasteiger partial charge is 0.225 e. The van der Waals surface area contributed by atoms with Crippen molar-refractivity contribution >= 4 is 40.2 Å². The van der Waals surface area contributed by atoms with E-state index < -0.39 is 0 Å². The third-order valence-electron chi connectivity index (χ3n) is 4.90. The second kappa shape index (κ2) is 6.79. The molecule has 0 saturated heterocycles. The summed E-state index contributed by atoms with van der Waals surface area (Å²) in [6, 6.07) is 7.70. The normalized spacial score (nSPS) is 14.9. The Labute approximate surface area is 166 Å². The zero-order valence-electron chi connectivity index (χ0n) is 15.2. The van der Waals surface area contributed by atoms with Gasteiger partial charge < -0.3 is 15.6 Å². The number of H-pyrrole nitrogens is 2. The molecule has 0 aliphatic heterocycles. The van der Waals surface area contributed by atoms with Gasteiger partial charge in [-0.1, -0.05) is 17.7 Å². The van der Waals surface area contributed by atoms with E-state index in [1.165, 1.54) is 18.5 Å². The Balaban J connectivity index is 1.33. The fourth-order valence-corrected chi connectivity index (χ4v) is 3.61. The first-order valence-corrected chi connectivity index (χ1v) is 9.58. The van der Waals surface area contributed by atoms with Crippen LogP contribution < -0.4 is 10.6 Å². The Bertz CT molecular complexity index is 1130. The first kappa shape index (κ1) is 17.0. The van der Waals surface area contributed by atoms with Gasteiger partial charge in [0.15, 0.2) is 5.82 Å². The van der Waals surface area contributed by atoms with Gasteiger partial charge >= 0.3 is 0 Å². The maximum atomic E-state index is 6.53. The van der Waals surface area contributed by atoms with Crippen molar-refractivity contribution in [2.75, 3.05) is 10.6 Å². The first-order valence-electron chi connectivity index (χ1n) is 9.21. The van der Waals surface area contributed by atoms with Crippen LogP contribution in [-0.4, -0.2) is 30.1 Å². The maximum absolute atomic E-state index is 6.53. The number of benzene rings is 1. The number of hydrogen-bond acceptors (Lipinski definition) is 6. The number of aromatic nitrogens is 6. The van der Waals surface area contributed by atoms with E-state index in [4.69, 9.17) is 11.6 Å². The lowest BCUT2D eigenvalue weighted by atomic mass is 10.1. The molecule has 1 fully saturated rings. The Kier molecular flexibility index (Phi) is 4.12. The highest BCUT2D eigenvalue weighted by Crippen LogP contribution is 2.39. The van der Waals surface area contributed by atoms with Gasteiger partial charge in [-0.25, -0.2) is 9.97 Å². The topological polar surface area (TPSA) is 107 Å². The zero-order chi connectivity index (χ0) is 19.1. The molecule has 142 valence electrons. The van der Waals surface area contributed by atoms with Crippen LogP contribution in [0.25, 0.3) is 11.0 Å². The number of fused-ring (bicyclic) bond motifs is 1. The number of nitrogens with one attached hydrogen (secondary N) is 4. The lowest BCUT2D eigenvalue weighted by Crippen LogP contribution is -2.10. The molecule has 1 aliphatic carbocycles. The van der Waals surface area contributed by atoms with Gasteiger partial charge in [0.05, 0.1) is 22.9 Å². The van der Waals surface area contributed by atoms with Gasteiger partial charge in [0.25, 0.3) is 0 Å². The molecule has 4 aromatic rings. The highest BCUT2D eigenvalue weighted by atomic mass is 35.5. The monoisotopic (exact) mass is 394 g/mol. The Morgan fingerprint density at radius 2 is 2.07 bits per heavy atom. The van der Waals surface area contributed by atoms with E-state index in [1.807, 2.05) is 31.2 Å². The Hall–Kier alpha value is -3.13. The molecule has 4 N–H and O–H groups in total. The van der Waals surface area contributed by atoms with Crippen LogP contribution in [-0.2, 0) is 0 Å².